The molecular formula is C12H13BrOS. The van der Waals surface area contributed by atoms with E-state index in [-0.39, 0.29) is 5.25 Å². The normalized spacial score (nSPS) is 25.9. The van der Waals surface area contributed by atoms with Crippen molar-refractivity contribution < 1.29 is 4.79 Å². The van der Waals surface area contributed by atoms with Crippen molar-refractivity contribution in [3.8, 4) is 0 Å². The van der Waals surface area contributed by atoms with Gasteiger partial charge >= 0.3 is 0 Å². The van der Waals surface area contributed by atoms with Crippen molar-refractivity contribution in [2.75, 3.05) is 0 Å². The number of benzene rings is 1. The fraction of sp³-hybridized carbons (Fsp3) is 0.417. The van der Waals surface area contributed by atoms with Crippen LogP contribution in [0.3, 0.4) is 0 Å². The van der Waals surface area contributed by atoms with Gasteiger partial charge in [0, 0.05) is 16.1 Å². The Balaban J connectivity index is 2.01. The van der Waals surface area contributed by atoms with Gasteiger partial charge in [0.2, 0.25) is 0 Å². The van der Waals surface area contributed by atoms with Crippen LogP contribution in [0.15, 0.2) is 28.7 Å². The van der Waals surface area contributed by atoms with E-state index >= 15 is 0 Å². The molecule has 0 spiro atoms. The Hall–Kier alpha value is -0.280. The summed E-state index contributed by atoms with van der Waals surface area (Å²) in [5.41, 5.74) is 1.31. The molecule has 0 radical (unpaired) electrons. The highest BCUT2D eigenvalue weighted by molar-refractivity contribution is 9.10. The van der Waals surface area contributed by atoms with E-state index in [0.29, 0.717) is 11.0 Å². The van der Waals surface area contributed by atoms with E-state index in [2.05, 4.69) is 28.1 Å². The summed E-state index contributed by atoms with van der Waals surface area (Å²) in [4.78, 5) is 11.4. The molecule has 1 nitrogen and oxygen atoms in total. The fourth-order valence-corrected chi connectivity index (χ4v) is 3.67. The molecule has 1 heterocycles. The number of thioether (sulfide) groups is 1. The van der Waals surface area contributed by atoms with Gasteiger partial charge in [-0.05, 0) is 31.0 Å². The molecule has 0 amide bonds. The zero-order chi connectivity index (χ0) is 10.8. The van der Waals surface area contributed by atoms with Gasteiger partial charge in [0.1, 0.15) is 5.78 Å². The summed E-state index contributed by atoms with van der Waals surface area (Å²) < 4.78 is 1.11. The molecule has 1 saturated heterocycles. The number of hydrogen-bond acceptors (Lipinski definition) is 2. The van der Waals surface area contributed by atoms with Crippen molar-refractivity contribution >= 4 is 33.5 Å². The average molecular weight is 285 g/mol. The Morgan fingerprint density at radius 3 is 2.93 bits per heavy atom. The lowest BCUT2D eigenvalue weighted by molar-refractivity contribution is -0.117. The van der Waals surface area contributed by atoms with Gasteiger partial charge in [-0.3, -0.25) is 4.79 Å². The van der Waals surface area contributed by atoms with Crippen LogP contribution >= 0.6 is 27.7 Å². The third-order valence-corrected chi connectivity index (χ3v) is 4.51. The number of carbonyl (C=O) groups excluding carboxylic acids is 1. The minimum Gasteiger partial charge on any atom is -0.298 e. The van der Waals surface area contributed by atoms with Crippen molar-refractivity contribution in [3.63, 3.8) is 0 Å². The summed E-state index contributed by atoms with van der Waals surface area (Å²) in [6.07, 6.45) is 1.73. The van der Waals surface area contributed by atoms with Crippen LogP contribution < -0.4 is 0 Å². The van der Waals surface area contributed by atoms with Crippen LogP contribution in [0.4, 0.5) is 0 Å². The van der Waals surface area contributed by atoms with Crippen molar-refractivity contribution in [1.29, 1.82) is 0 Å². The van der Waals surface area contributed by atoms with Crippen LogP contribution in [0.1, 0.15) is 18.9 Å². The Labute approximate surface area is 103 Å². The summed E-state index contributed by atoms with van der Waals surface area (Å²) in [6, 6.07) is 8.33. The second kappa shape index (κ2) is 4.71. The third kappa shape index (κ3) is 2.85. The van der Waals surface area contributed by atoms with Crippen molar-refractivity contribution in [1.82, 2.24) is 0 Å². The Kier molecular flexibility index (Phi) is 3.52. The quantitative estimate of drug-likeness (QED) is 0.828. The third-order valence-electron chi connectivity index (χ3n) is 2.63. The zero-order valence-corrected chi connectivity index (χ0v) is 11.0. The van der Waals surface area contributed by atoms with Gasteiger partial charge < -0.3 is 0 Å². The van der Waals surface area contributed by atoms with Crippen LogP contribution in [0, 0.1) is 0 Å². The molecule has 0 bridgehead atoms. The zero-order valence-electron chi connectivity index (χ0n) is 8.57. The SMILES string of the molecule is CC1SC(Cc2cccc(Br)c2)CC1=O. The summed E-state index contributed by atoms with van der Waals surface area (Å²) in [5, 5.41) is 0.670. The van der Waals surface area contributed by atoms with Gasteiger partial charge in [-0.2, -0.15) is 0 Å². The van der Waals surface area contributed by atoms with Gasteiger partial charge in [-0.15, -0.1) is 11.8 Å². The van der Waals surface area contributed by atoms with Crippen molar-refractivity contribution in [3.05, 3.63) is 34.3 Å². The standard InChI is InChI=1S/C12H13BrOS/c1-8-12(14)7-11(15-8)6-9-3-2-4-10(13)5-9/h2-5,8,11H,6-7H2,1H3. The highest BCUT2D eigenvalue weighted by Crippen LogP contribution is 2.33. The Bertz CT molecular complexity index is 378. The van der Waals surface area contributed by atoms with Crippen LogP contribution in [0.2, 0.25) is 0 Å². The smallest absolute Gasteiger partial charge is 0.146 e. The van der Waals surface area contributed by atoms with Crippen molar-refractivity contribution in [2.45, 2.75) is 30.3 Å². The maximum atomic E-state index is 11.4. The summed E-state index contributed by atoms with van der Waals surface area (Å²) in [6.45, 7) is 2.01. The first kappa shape index (κ1) is 11.2. The molecule has 1 aromatic carbocycles. The first-order valence-corrected chi connectivity index (χ1v) is 6.81. The molecular weight excluding hydrogens is 272 g/mol. The lowest BCUT2D eigenvalue weighted by Gasteiger charge is -2.08. The van der Waals surface area contributed by atoms with Gasteiger partial charge in [0.25, 0.3) is 0 Å². The fourth-order valence-electron chi connectivity index (χ4n) is 1.85. The molecule has 80 valence electrons. The summed E-state index contributed by atoms with van der Waals surface area (Å²) >= 11 is 5.27. The van der Waals surface area contributed by atoms with E-state index in [1.165, 1.54) is 5.56 Å². The largest absolute Gasteiger partial charge is 0.298 e. The van der Waals surface area contributed by atoms with Gasteiger partial charge in [0.05, 0.1) is 5.25 Å². The van der Waals surface area contributed by atoms with E-state index in [1.54, 1.807) is 0 Å². The summed E-state index contributed by atoms with van der Waals surface area (Å²) in [7, 11) is 0. The molecule has 2 atom stereocenters. The average Bonchev–Trinajstić information content (AvgIpc) is 2.45. The predicted octanol–water partition coefficient (Wildman–Crippen LogP) is 3.45. The number of rotatable bonds is 2. The Morgan fingerprint density at radius 2 is 2.33 bits per heavy atom. The van der Waals surface area contributed by atoms with E-state index in [9.17, 15) is 4.79 Å². The predicted molar refractivity (Wildman–Crippen MR) is 68.3 cm³/mol. The molecule has 0 aromatic heterocycles. The molecule has 0 saturated carbocycles. The Morgan fingerprint density at radius 1 is 1.53 bits per heavy atom. The topological polar surface area (TPSA) is 17.1 Å². The first-order valence-electron chi connectivity index (χ1n) is 5.08. The molecule has 2 rings (SSSR count). The van der Waals surface area contributed by atoms with Gasteiger partial charge in [0.15, 0.2) is 0 Å². The number of halogens is 1. The molecule has 0 N–H and O–H groups in total. The minimum absolute atomic E-state index is 0.196. The molecule has 2 unspecified atom stereocenters. The molecule has 1 aliphatic heterocycles. The molecule has 1 aromatic rings. The van der Waals surface area contributed by atoms with E-state index in [0.717, 1.165) is 17.3 Å². The first-order chi connectivity index (χ1) is 7.15. The minimum atomic E-state index is 0.196. The van der Waals surface area contributed by atoms with Gasteiger partial charge in [-0.1, -0.05) is 28.1 Å². The molecule has 15 heavy (non-hydrogen) atoms. The lowest BCUT2D eigenvalue weighted by atomic mass is 10.1. The van der Waals surface area contributed by atoms with Gasteiger partial charge in [-0.25, -0.2) is 0 Å². The van der Waals surface area contributed by atoms with Crippen LogP contribution in [-0.4, -0.2) is 16.3 Å². The van der Waals surface area contributed by atoms with Crippen LogP contribution in [0.25, 0.3) is 0 Å². The monoisotopic (exact) mass is 284 g/mol. The molecule has 1 aliphatic rings. The highest BCUT2D eigenvalue weighted by Gasteiger charge is 2.29. The van der Waals surface area contributed by atoms with Crippen LogP contribution in [0.5, 0.6) is 0 Å². The molecule has 1 fully saturated rings. The van der Waals surface area contributed by atoms with Crippen molar-refractivity contribution in [2.24, 2.45) is 0 Å². The van der Waals surface area contributed by atoms with E-state index in [4.69, 9.17) is 0 Å². The molecule has 0 aliphatic carbocycles. The second-order valence-corrected chi connectivity index (χ2v) is 6.47. The molecule has 3 heteroatoms. The number of hydrogen-bond donors (Lipinski definition) is 0. The maximum absolute atomic E-state index is 11.4. The maximum Gasteiger partial charge on any atom is 0.146 e. The summed E-state index contributed by atoms with van der Waals surface area (Å²) in [5.74, 6) is 0.403. The number of Topliss-reactive ketones (excluding diaryl/α,β-unsaturated/α-hetero) is 1. The highest BCUT2D eigenvalue weighted by atomic mass is 79.9. The number of carbonyl (C=O) groups is 1. The van der Waals surface area contributed by atoms with Crippen LogP contribution in [-0.2, 0) is 11.2 Å². The second-order valence-electron chi connectivity index (χ2n) is 3.90. The van der Waals surface area contributed by atoms with E-state index < -0.39 is 0 Å². The van der Waals surface area contributed by atoms with E-state index in [1.807, 2.05) is 30.8 Å². The number of ketones is 1. The lowest BCUT2D eigenvalue weighted by Crippen LogP contribution is -2.05.